The summed E-state index contributed by atoms with van der Waals surface area (Å²) in [6.07, 6.45) is 1.74. The molecular formula is C15H24N3O3S+. The van der Waals surface area contributed by atoms with Crippen LogP contribution < -0.4 is 10.6 Å². The fourth-order valence-corrected chi connectivity index (χ4v) is 3.17. The highest BCUT2D eigenvalue weighted by Gasteiger charge is 2.25. The number of carbonyl (C=O) groups excluding carboxylic acids is 2. The van der Waals surface area contributed by atoms with Crippen LogP contribution in [0.15, 0.2) is 17.5 Å². The van der Waals surface area contributed by atoms with Gasteiger partial charge in [-0.25, -0.2) is 4.79 Å². The van der Waals surface area contributed by atoms with Crippen LogP contribution >= 0.6 is 11.3 Å². The molecule has 0 aromatic carbocycles. The van der Waals surface area contributed by atoms with Crippen molar-refractivity contribution in [2.24, 2.45) is 0 Å². The molecule has 2 heterocycles. The van der Waals surface area contributed by atoms with Crippen molar-refractivity contribution in [1.29, 1.82) is 0 Å². The lowest BCUT2D eigenvalue weighted by Gasteiger charge is -2.29. The number of quaternary nitrogens is 1. The average Bonchev–Trinajstić information content (AvgIpc) is 3.06. The van der Waals surface area contributed by atoms with Gasteiger partial charge in [0.1, 0.15) is 0 Å². The second kappa shape index (κ2) is 8.75. The van der Waals surface area contributed by atoms with Crippen molar-refractivity contribution >= 4 is 23.3 Å². The Bertz CT molecular complexity index is 470. The molecule has 1 aromatic heterocycles. The SMILES string of the molecule is CCOC(=O)N1CCC([NH2+]CCNC(=O)c2cccs2)CC1. The molecule has 0 atom stereocenters. The second-order valence-corrected chi connectivity index (χ2v) is 6.23. The van der Waals surface area contributed by atoms with Crippen LogP contribution in [-0.2, 0) is 4.74 Å². The van der Waals surface area contributed by atoms with Crippen LogP contribution in [-0.4, -0.2) is 55.7 Å². The molecule has 1 aliphatic rings. The maximum atomic E-state index is 11.8. The molecule has 1 aromatic rings. The van der Waals surface area contributed by atoms with Gasteiger partial charge in [-0.3, -0.25) is 4.79 Å². The highest BCUT2D eigenvalue weighted by atomic mass is 32.1. The highest BCUT2D eigenvalue weighted by Crippen LogP contribution is 2.09. The number of ether oxygens (including phenoxy) is 1. The van der Waals surface area contributed by atoms with Gasteiger partial charge in [-0.15, -0.1) is 11.3 Å². The van der Waals surface area contributed by atoms with E-state index in [9.17, 15) is 9.59 Å². The lowest BCUT2D eigenvalue weighted by molar-refractivity contribution is -0.690. The van der Waals surface area contributed by atoms with E-state index in [-0.39, 0.29) is 12.0 Å². The summed E-state index contributed by atoms with van der Waals surface area (Å²) in [6.45, 7) is 5.27. The van der Waals surface area contributed by atoms with E-state index in [1.165, 1.54) is 11.3 Å². The molecule has 7 heteroatoms. The molecule has 1 fully saturated rings. The van der Waals surface area contributed by atoms with Crippen LogP contribution in [0.25, 0.3) is 0 Å². The fraction of sp³-hybridized carbons (Fsp3) is 0.600. The molecule has 1 saturated heterocycles. The number of hydrogen-bond donors (Lipinski definition) is 2. The second-order valence-electron chi connectivity index (χ2n) is 5.28. The first-order valence-corrected chi connectivity index (χ1v) is 8.65. The largest absolute Gasteiger partial charge is 0.450 e. The van der Waals surface area contributed by atoms with E-state index in [0.29, 0.717) is 19.2 Å². The third kappa shape index (κ3) is 4.99. The van der Waals surface area contributed by atoms with E-state index in [1.807, 2.05) is 24.4 Å². The van der Waals surface area contributed by atoms with Gasteiger partial charge in [-0.1, -0.05) is 6.07 Å². The average molecular weight is 326 g/mol. The molecule has 22 heavy (non-hydrogen) atoms. The van der Waals surface area contributed by atoms with Gasteiger partial charge in [0.25, 0.3) is 5.91 Å². The summed E-state index contributed by atoms with van der Waals surface area (Å²) >= 11 is 1.45. The summed E-state index contributed by atoms with van der Waals surface area (Å²) in [7, 11) is 0. The van der Waals surface area contributed by atoms with Crippen LogP contribution in [0.3, 0.4) is 0 Å². The molecule has 6 nitrogen and oxygen atoms in total. The van der Waals surface area contributed by atoms with Crippen molar-refractivity contribution < 1.29 is 19.6 Å². The fourth-order valence-electron chi connectivity index (χ4n) is 2.53. The van der Waals surface area contributed by atoms with Crippen LogP contribution in [0.2, 0.25) is 0 Å². The van der Waals surface area contributed by atoms with Crippen molar-refractivity contribution in [2.45, 2.75) is 25.8 Å². The number of amides is 2. The summed E-state index contributed by atoms with van der Waals surface area (Å²) in [5.41, 5.74) is 0. The molecule has 0 spiro atoms. The monoisotopic (exact) mass is 326 g/mol. The molecule has 0 radical (unpaired) electrons. The number of nitrogens with one attached hydrogen (secondary N) is 1. The van der Waals surface area contributed by atoms with Gasteiger partial charge >= 0.3 is 6.09 Å². The predicted octanol–water partition coefficient (Wildman–Crippen LogP) is 0.662. The maximum Gasteiger partial charge on any atom is 0.409 e. The molecule has 2 rings (SSSR count). The van der Waals surface area contributed by atoms with Gasteiger partial charge < -0.3 is 20.3 Å². The molecular weight excluding hydrogens is 302 g/mol. The van der Waals surface area contributed by atoms with Gasteiger partial charge in [0.2, 0.25) is 0 Å². The Morgan fingerprint density at radius 2 is 2.23 bits per heavy atom. The Morgan fingerprint density at radius 3 is 2.86 bits per heavy atom. The topological polar surface area (TPSA) is 75.2 Å². The first kappa shape index (κ1) is 16.8. The number of rotatable bonds is 6. The van der Waals surface area contributed by atoms with E-state index in [0.717, 1.165) is 37.4 Å². The predicted molar refractivity (Wildman–Crippen MR) is 85.1 cm³/mol. The summed E-state index contributed by atoms with van der Waals surface area (Å²) in [5, 5.41) is 7.09. The Morgan fingerprint density at radius 1 is 1.45 bits per heavy atom. The number of carbonyl (C=O) groups is 2. The number of piperidine rings is 1. The Labute approximate surface area is 134 Å². The lowest BCUT2D eigenvalue weighted by atomic mass is 10.1. The molecule has 0 bridgehead atoms. The molecule has 1 aliphatic heterocycles. The molecule has 122 valence electrons. The number of nitrogens with two attached hydrogens (primary N) is 1. The van der Waals surface area contributed by atoms with Crippen molar-refractivity contribution in [3.05, 3.63) is 22.4 Å². The number of hydrogen-bond acceptors (Lipinski definition) is 4. The molecule has 2 amide bonds. The van der Waals surface area contributed by atoms with Crippen molar-refractivity contribution in [3.8, 4) is 0 Å². The normalized spacial score (nSPS) is 15.6. The quantitative estimate of drug-likeness (QED) is 0.754. The summed E-state index contributed by atoms with van der Waals surface area (Å²) < 4.78 is 5.01. The third-order valence-corrected chi connectivity index (χ3v) is 4.61. The number of nitrogens with zero attached hydrogens (tertiary/aromatic N) is 1. The Kier molecular flexibility index (Phi) is 6.67. The van der Waals surface area contributed by atoms with Gasteiger partial charge in [-0.2, -0.15) is 0 Å². The van der Waals surface area contributed by atoms with Gasteiger partial charge in [0.05, 0.1) is 30.6 Å². The van der Waals surface area contributed by atoms with E-state index < -0.39 is 0 Å². The van der Waals surface area contributed by atoms with E-state index in [4.69, 9.17) is 4.74 Å². The minimum Gasteiger partial charge on any atom is -0.450 e. The zero-order valence-corrected chi connectivity index (χ0v) is 13.7. The van der Waals surface area contributed by atoms with E-state index in [2.05, 4.69) is 10.6 Å². The number of thiophene rings is 1. The van der Waals surface area contributed by atoms with Gasteiger partial charge in [0.15, 0.2) is 0 Å². The lowest BCUT2D eigenvalue weighted by Crippen LogP contribution is -2.92. The summed E-state index contributed by atoms with van der Waals surface area (Å²) in [6, 6.07) is 4.22. The first-order valence-electron chi connectivity index (χ1n) is 7.77. The Balaban J connectivity index is 1.57. The zero-order valence-electron chi connectivity index (χ0n) is 12.9. The Hall–Kier alpha value is -1.60. The van der Waals surface area contributed by atoms with Crippen LogP contribution in [0.1, 0.15) is 29.4 Å². The summed E-state index contributed by atoms with van der Waals surface area (Å²) in [5.74, 6) is 0.000491. The van der Waals surface area contributed by atoms with E-state index in [1.54, 1.807) is 4.90 Å². The van der Waals surface area contributed by atoms with Gasteiger partial charge in [-0.05, 0) is 18.4 Å². The summed E-state index contributed by atoms with van der Waals surface area (Å²) in [4.78, 5) is 25.9. The van der Waals surface area contributed by atoms with Crippen molar-refractivity contribution in [2.75, 3.05) is 32.8 Å². The smallest absolute Gasteiger partial charge is 0.409 e. The third-order valence-electron chi connectivity index (χ3n) is 3.74. The van der Waals surface area contributed by atoms with Crippen LogP contribution in [0.5, 0.6) is 0 Å². The maximum absolute atomic E-state index is 11.8. The van der Waals surface area contributed by atoms with Gasteiger partial charge in [0, 0.05) is 25.9 Å². The first-order chi connectivity index (χ1) is 10.7. The highest BCUT2D eigenvalue weighted by molar-refractivity contribution is 7.12. The minimum atomic E-state index is -0.204. The number of likely N-dealkylation sites (tertiary alicyclic amines) is 1. The van der Waals surface area contributed by atoms with Crippen molar-refractivity contribution in [1.82, 2.24) is 10.2 Å². The molecule has 0 aliphatic carbocycles. The van der Waals surface area contributed by atoms with Crippen LogP contribution in [0, 0.1) is 0 Å². The molecule has 3 N–H and O–H groups in total. The van der Waals surface area contributed by atoms with E-state index >= 15 is 0 Å². The molecule has 0 unspecified atom stereocenters. The van der Waals surface area contributed by atoms with Crippen LogP contribution in [0.4, 0.5) is 4.79 Å². The van der Waals surface area contributed by atoms with Crippen molar-refractivity contribution in [3.63, 3.8) is 0 Å². The molecule has 0 saturated carbocycles. The standard InChI is InChI=1S/C15H23N3O3S/c1-2-21-15(20)18-9-5-12(6-10-18)16-7-8-17-14(19)13-4-3-11-22-13/h3-4,11-12,16H,2,5-10H2,1H3,(H,17,19)/p+1. The zero-order chi connectivity index (χ0) is 15.8. The minimum absolute atomic E-state index is 0.000491.